The molecule has 21 heavy (non-hydrogen) atoms. The number of hydrogen-bond acceptors (Lipinski definition) is 1. The van der Waals surface area contributed by atoms with E-state index >= 15 is 0 Å². The number of halogens is 2. The molecule has 2 rings (SSSR count). The topological polar surface area (TPSA) is 12.0 Å². The van der Waals surface area contributed by atoms with Gasteiger partial charge in [-0.3, -0.25) is 0 Å². The highest BCUT2D eigenvalue weighted by molar-refractivity contribution is 9.10. The van der Waals surface area contributed by atoms with Crippen molar-refractivity contribution in [3.8, 4) is 0 Å². The molecule has 0 spiro atoms. The zero-order chi connectivity index (χ0) is 15.1. The van der Waals surface area contributed by atoms with Crippen molar-refractivity contribution >= 4 is 27.5 Å². The molecule has 0 amide bonds. The van der Waals surface area contributed by atoms with Gasteiger partial charge in [0.15, 0.2) is 0 Å². The van der Waals surface area contributed by atoms with E-state index in [0.29, 0.717) is 5.92 Å². The van der Waals surface area contributed by atoms with E-state index in [1.807, 2.05) is 12.1 Å². The van der Waals surface area contributed by atoms with E-state index in [1.54, 1.807) is 0 Å². The van der Waals surface area contributed by atoms with Crippen LogP contribution in [-0.2, 0) is 6.42 Å². The Labute approximate surface area is 140 Å². The van der Waals surface area contributed by atoms with Crippen LogP contribution in [0.3, 0.4) is 0 Å². The lowest BCUT2D eigenvalue weighted by atomic mass is 9.92. The fraction of sp³-hybridized carbons (Fsp3) is 0.333. The molecular weight excluding hydrogens is 346 g/mol. The molecule has 0 aliphatic heterocycles. The lowest BCUT2D eigenvalue weighted by Gasteiger charge is -2.19. The Hall–Kier alpha value is -0.830. The van der Waals surface area contributed by atoms with Crippen LogP contribution < -0.4 is 5.32 Å². The highest BCUT2D eigenvalue weighted by Gasteiger charge is 2.12. The van der Waals surface area contributed by atoms with E-state index in [1.165, 1.54) is 11.1 Å². The highest BCUT2D eigenvalue weighted by Crippen LogP contribution is 2.24. The summed E-state index contributed by atoms with van der Waals surface area (Å²) in [4.78, 5) is 0. The maximum absolute atomic E-state index is 5.97. The minimum absolute atomic E-state index is 0.468. The third-order valence-corrected chi connectivity index (χ3v) is 4.28. The number of hydrogen-bond donors (Lipinski definition) is 1. The van der Waals surface area contributed by atoms with Gasteiger partial charge in [0, 0.05) is 22.0 Å². The molecule has 112 valence electrons. The van der Waals surface area contributed by atoms with Gasteiger partial charge in [0.05, 0.1) is 0 Å². The molecule has 0 saturated carbocycles. The van der Waals surface area contributed by atoms with E-state index in [-0.39, 0.29) is 0 Å². The molecule has 0 aliphatic rings. The van der Waals surface area contributed by atoms with Crippen LogP contribution in [0.15, 0.2) is 53.0 Å². The second-order valence-electron chi connectivity index (χ2n) is 5.29. The lowest BCUT2D eigenvalue weighted by molar-refractivity contribution is 0.576. The van der Waals surface area contributed by atoms with Crippen LogP contribution in [0.25, 0.3) is 0 Å². The second kappa shape index (κ2) is 8.57. The second-order valence-corrected chi connectivity index (χ2v) is 6.64. The predicted octanol–water partition coefficient (Wildman–Crippen LogP) is 5.43. The Kier molecular flexibility index (Phi) is 6.75. The molecule has 0 heterocycles. The van der Waals surface area contributed by atoms with Crippen LogP contribution in [0.1, 0.15) is 30.4 Å². The summed E-state index contributed by atoms with van der Waals surface area (Å²) in [6.45, 7) is 4.25. The van der Waals surface area contributed by atoms with Crippen LogP contribution in [0.2, 0.25) is 5.02 Å². The van der Waals surface area contributed by atoms with Gasteiger partial charge in [-0.25, -0.2) is 0 Å². The van der Waals surface area contributed by atoms with Gasteiger partial charge in [0.2, 0.25) is 0 Å². The smallest absolute Gasteiger partial charge is 0.0406 e. The maximum Gasteiger partial charge on any atom is 0.0406 e. The van der Waals surface area contributed by atoms with Crippen molar-refractivity contribution in [3.63, 3.8) is 0 Å². The van der Waals surface area contributed by atoms with Gasteiger partial charge < -0.3 is 5.32 Å². The first-order chi connectivity index (χ1) is 10.2. The van der Waals surface area contributed by atoms with Crippen molar-refractivity contribution in [2.24, 2.45) is 0 Å². The third-order valence-electron chi connectivity index (χ3n) is 3.53. The average Bonchev–Trinajstić information content (AvgIpc) is 2.48. The Morgan fingerprint density at radius 1 is 1.14 bits per heavy atom. The van der Waals surface area contributed by atoms with Crippen LogP contribution >= 0.6 is 27.5 Å². The lowest BCUT2D eigenvalue weighted by Crippen LogP contribution is -2.23. The minimum Gasteiger partial charge on any atom is -0.316 e. The fourth-order valence-corrected chi connectivity index (χ4v) is 2.97. The first kappa shape index (κ1) is 16.5. The van der Waals surface area contributed by atoms with E-state index in [2.05, 4.69) is 64.6 Å². The highest BCUT2D eigenvalue weighted by atomic mass is 79.9. The van der Waals surface area contributed by atoms with Crippen molar-refractivity contribution < 1.29 is 0 Å². The van der Waals surface area contributed by atoms with Crippen molar-refractivity contribution in [2.75, 3.05) is 13.1 Å². The number of benzene rings is 2. The summed E-state index contributed by atoms with van der Waals surface area (Å²) in [7, 11) is 0. The fourth-order valence-electron chi connectivity index (χ4n) is 2.43. The largest absolute Gasteiger partial charge is 0.316 e. The van der Waals surface area contributed by atoms with Gasteiger partial charge in [0.25, 0.3) is 0 Å². The van der Waals surface area contributed by atoms with Crippen molar-refractivity contribution in [1.29, 1.82) is 0 Å². The Morgan fingerprint density at radius 2 is 1.90 bits per heavy atom. The molecule has 0 radical (unpaired) electrons. The molecule has 1 N–H and O–H groups in total. The third kappa shape index (κ3) is 5.46. The van der Waals surface area contributed by atoms with Crippen LogP contribution in [0, 0.1) is 0 Å². The molecule has 0 fully saturated rings. The van der Waals surface area contributed by atoms with Crippen LogP contribution in [0.4, 0.5) is 0 Å². The quantitative estimate of drug-likeness (QED) is 0.644. The molecule has 0 bridgehead atoms. The molecule has 3 heteroatoms. The first-order valence-corrected chi connectivity index (χ1v) is 8.56. The molecule has 0 aromatic heterocycles. The molecule has 1 nitrogen and oxygen atoms in total. The van der Waals surface area contributed by atoms with E-state index in [0.717, 1.165) is 35.4 Å². The van der Waals surface area contributed by atoms with E-state index in [4.69, 9.17) is 11.6 Å². The molecule has 2 aromatic rings. The standard InChI is InChI=1S/C18H21BrClN/c1-2-10-21-13-16(15-4-3-5-17(19)12-15)11-14-6-8-18(20)9-7-14/h3-9,12,16,21H,2,10-11,13H2,1H3. The summed E-state index contributed by atoms with van der Waals surface area (Å²) < 4.78 is 1.14. The van der Waals surface area contributed by atoms with Gasteiger partial charge in [-0.15, -0.1) is 0 Å². The average molecular weight is 367 g/mol. The SMILES string of the molecule is CCCNCC(Cc1ccc(Cl)cc1)c1cccc(Br)c1. The summed E-state index contributed by atoms with van der Waals surface area (Å²) >= 11 is 9.54. The monoisotopic (exact) mass is 365 g/mol. The molecule has 1 atom stereocenters. The maximum atomic E-state index is 5.97. The van der Waals surface area contributed by atoms with Gasteiger partial charge in [-0.1, -0.05) is 58.7 Å². The predicted molar refractivity (Wildman–Crippen MR) is 95.2 cm³/mol. The Morgan fingerprint density at radius 3 is 2.57 bits per heavy atom. The van der Waals surface area contributed by atoms with Gasteiger partial charge in [-0.2, -0.15) is 0 Å². The normalized spacial score (nSPS) is 12.3. The van der Waals surface area contributed by atoms with Gasteiger partial charge in [0.1, 0.15) is 0 Å². The minimum atomic E-state index is 0.468. The summed E-state index contributed by atoms with van der Waals surface area (Å²) in [6.07, 6.45) is 2.18. The Balaban J connectivity index is 2.13. The van der Waals surface area contributed by atoms with Gasteiger partial charge >= 0.3 is 0 Å². The summed E-state index contributed by atoms with van der Waals surface area (Å²) in [5, 5.41) is 4.34. The molecular formula is C18H21BrClN. The van der Waals surface area contributed by atoms with E-state index < -0.39 is 0 Å². The van der Waals surface area contributed by atoms with Crippen molar-refractivity contribution in [3.05, 3.63) is 69.2 Å². The molecule has 0 saturated heterocycles. The summed E-state index contributed by atoms with van der Waals surface area (Å²) in [5.74, 6) is 0.468. The van der Waals surface area contributed by atoms with Crippen LogP contribution in [-0.4, -0.2) is 13.1 Å². The summed E-state index contributed by atoms with van der Waals surface area (Å²) in [5.41, 5.74) is 2.69. The number of rotatable bonds is 7. The van der Waals surface area contributed by atoms with Crippen LogP contribution in [0.5, 0.6) is 0 Å². The van der Waals surface area contributed by atoms with Crippen molar-refractivity contribution in [2.45, 2.75) is 25.7 Å². The van der Waals surface area contributed by atoms with Gasteiger partial charge in [-0.05, 0) is 54.8 Å². The molecule has 0 aliphatic carbocycles. The van der Waals surface area contributed by atoms with Crippen molar-refractivity contribution in [1.82, 2.24) is 5.32 Å². The first-order valence-electron chi connectivity index (χ1n) is 7.39. The summed E-state index contributed by atoms with van der Waals surface area (Å²) in [6, 6.07) is 16.8. The molecule has 1 unspecified atom stereocenters. The number of nitrogens with one attached hydrogen (secondary N) is 1. The van der Waals surface area contributed by atoms with E-state index in [9.17, 15) is 0 Å². The molecule has 2 aromatic carbocycles. The Bertz CT molecular complexity index is 553. The zero-order valence-electron chi connectivity index (χ0n) is 12.3. The zero-order valence-corrected chi connectivity index (χ0v) is 14.6.